The van der Waals surface area contributed by atoms with Crippen LogP contribution in [0, 0.1) is 0 Å². The number of nitrogens with one attached hydrogen (secondary N) is 1. The highest BCUT2D eigenvalue weighted by Gasteiger charge is 2.25. The van der Waals surface area contributed by atoms with Gasteiger partial charge >= 0.3 is 0 Å². The molecule has 0 radical (unpaired) electrons. The molecule has 3 aromatic rings. The number of hydrogen-bond acceptors (Lipinski definition) is 5. The average Bonchev–Trinajstić information content (AvgIpc) is 3.29. The normalized spacial score (nSPS) is 16.2. The van der Waals surface area contributed by atoms with Crippen molar-refractivity contribution in [2.45, 2.75) is 45.2 Å². The first-order valence-electron chi connectivity index (χ1n) is 9.15. The van der Waals surface area contributed by atoms with E-state index in [2.05, 4.69) is 29.2 Å². The lowest BCUT2D eigenvalue weighted by Gasteiger charge is -2.23. The molecule has 3 heterocycles. The van der Waals surface area contributed by atoms with Crippen molar-refractivity contribution in [1.82, 2.24) is 20.1 Å². The standard InChI is InChI=1S/C20H22N4O3/c1-13(2)19-22-17-10-8-14(12-24(17)23-19)21-20(25)16-9-11-18(27-16)26-15-6-4-3-5-7-15/h3-7,9,11,13-14H,8,10,12H2,1-2H3,(H,21,25)/t14-/m1/s1. The molecule has 1 aliphatic heterocycles. The molecule has 0 spiro atoms. The summed E-state index contributed by atoms with van der Waals surface area (Å²) >= 11 is 0. The Bertz CT molecular complexity index is 930. The molecule has 7 heteroatoms. The molecule has 1 aromatic carbocycles. The first kappa shape index (κ1) is 17.3. The molecule has 0 unspecified atom stereocenters. The summed E-state index contributed by atoms with van der Waals surface area (Å²) in [6, 6.07) is 12.6. The maximum absolute atomic E-state index is 12.5. The number of amides is 1. The molecular weight excluding hydrogens is 344 g/mol. The van der Waals surface area contributed by atoms with Crippen LogP contribution in [0.4, 0.5) is 0 Å². The minimum atomic E-state index is -0.254. The van der Waals surface area contributed by atoms with Crippen LogP contribution in [-0.4, -0.2) is 26.7 Å². The van der Waals surface area contributed by atoms with Crippen molar-refractivity contribution in [1.29, 1.82) is 0 Å². The maximum atomic E-state index is 12.5. The first-order valence-corrected chi connectivity index (χ1v) is 9.15. The SMILES string of the molecule is CC(C)c1nc2n(n1)C[C@H](NC(=O)c1ccc(Oc3ccccc3)o1)CC2. The van der Waals surface area contributed by atoms with Crippen LogP contribution in [0.5, 0.6) is 11.7 Å². The van der Waals surface area contributed by atoms with E-state index in [4.69, 9.17) is 9.15 Å². The van der Waals surface area contributed by atoms with Gasteiger partial charge in [-0.25, -0.2) is 9.67 Å². The minimum Gasteiger partial charge on any atom is -0.426 e. The largest absolute Gasteiger partial charge is 0.426 e. The van der Waals surface area contributed by atoms with Crippen LogP contribution in [0.2, 0.25) is 0 Å². The lowest BCUT2D eigenvalue weighted by molar-refractivity contribution is 0.0893. The summed E-state index contributed by atoms with van der Waals surface area (Å²) in [5.41, 5.74) is 0. The van der Waals surface area contributed by atoms with Crippen molar-refractivity contribution in [3.05, 3.63) is 59.9 Å². The Morgan fingerprint density at radius 2 is 2.07 bits per heavy atom. The molecule has 0 aliphatic carbocycles. The third-order valence-electron chi connectivity index (χ3n) is 4.49. The topological polar surface area (TPSA) is 82.2 Å². The Balaban J connectivity index is 1.38. The number of furan rings is 1. The van der Waals surface area contributed by atoms with E-state index in [1.165, 1.54) is 0 Å². The molecule has 27 heavy (non-hydrogen) atoms. The Hall–Kier alpha value is -3.09. The van der Waals surface area contributed by atoms with E-state index in [1.54, 1.807) is 12.1 Å². The van der Waals surface area contributed by atoms with E-state index in [0.717, 1.165) is 24.5 Å². The Morgan fingerprint density at radius 3 is 2.85 bits per heavy atom. The number of benzene rings is 1. The molecule has 7 nitrogen and oxygen atoms in total. The second kappa shape index (κ2) is 7.26. The average molecular weight is 366 g/mol. The summed E-state index contributed by atoms with van der Waals surface area (Å²) in [4.78, 5) is 17.1. The fourth-order valence-electron chi connectivity index (χ4n) is 3.05. The number of nitrogens with zero attached hydrogens (tertiary/aromatic N) is 3. The molecule has 0 bridgehead atoms. The van der Waals surface area contributed by atoms with Gasteiger partial charge in [0, 0.05) is 24.4 Å². The second-order valence-electron chi connectivity index (χ2n) is 6.97. The highest BCUT2D eigenvalue weighted by molar-refractivity contribution is 5.91. The number of carbonyl (C=O) groups excluding carboxylic acids is 1. The van der Waals surface area contributed by atoms with Gasteiger partial charge in [-0.3, -0.25) is 4.79 Å². The predicted molar refractivity (Wildman–Crippen MR) is 98.9 cm³/mol. The van der Waals surface area contributed by atoms with Crippen molar-refractivity contribution in [3.8, 4) is 11.7 Å². The van der Waals surface area contributed by atoms with Gasteiger partial charge in [-0.05, 0) is 24.6 Å². The molecule has 140 valence electrons. The molecular formula is C20H22N4O3. The van der Waals surface area contributed by atoms with Crippen molar-refractivity contribution < 1.29 is 13.9 Å². The number of rotatable bonds is 5. The summed E-state index contributed by atoms with van der Waals surface area (Å²) in [5, 5.41) is 7.56. The quantitative estimate of drug-likeness (QED) is 0.747. The maximum Gasteiger partial charge on any atom is 0.290 e. The summed E-state index contributed by atoms with van der Waals surface area (Å²) in [7, 11) is 0. The van der Waals surface area contributed by atoms with Gasteiger partial charge in [-0.15, -0.1) is 0 Å². The third-order valence-corrected chi connectivity index (χ3v) is 4.49. The van der Waals surface area contributed by atoms with Crippen molar-refractivity contribution in [2.75, 3.05) is 0 Å². The van der Waals surface area contributed by atoms with Crippen LogP contribution >= 0.6 is 0 Å². The molecule has 1 amide bonds. The van der Waals surface area contributed by atoms with E-state index in [-0.39, 0.29) is 23.7 Å². The molecule has 0 saturated carbocycles. The second-order valence-corrected chi connectivity index (χ2v) is 6.97. The van der Waals surface area contributed by atoms with Crippen molar-refractivity contribution in [3.63, 3.8) is 0 Å². The van der Waals surface area contributed by atoms with Crippen LogP contribution in [0.15, 0.2) is 46.9 Å². The fraction of sp³-hybridized carbons (Fsp3) is 0.350. The lowest BCUT2D eigenvalue weighted by atomic mass is 10.1. The summed E-state index contributed by atoms with van der Waals surface area (Å²) in [6.45, 7) is 4.77. The molecule has 1 aliphatic rings. The van der Waals surface area contributed by atoms with Crippen LogP contribution in [0.1, 0.15) is 48.4 Å². The van der Waals surface area contributed by atoms with Crippen molar-refractivity contribution in [2.24, 2.45) is 0 Å². The molecule has 1 atom stereocenters. The number of aromatic nitrogens is 3. The van der Waals surface area contributed by atoms with Crippen LogP contribution < -0.4 is 10.1 Å². The number of fused-ring (bicyclic) bond motifs is 1. The monoisotopic (exact) mass is 366 g/mol. The van der Waals surface area contributed by atoms with Crippen LogP contribution in [0.25, 0.3) is 0 Å². The number of para-hydroxylation sites is 1. The number of ether oxygens (including phenoxy) is 1. The van der Waals surface area contributed by atoms with Gasteiger partial charge in [0.1, 0.15) is 11.6 Å². The summed E-state index contributed by atoms with van der Waals surface area (Å²) in [5.74, 6) is 3.05. The number of hydrogen-bond donors (Lipinski definition) is 1. The highest BCUT2D eigenvalue weighted by atomic mass is 16.6. The molecule has 0 fully saturated rings. The number of aryl methyl sites for hydroxylation is 1. The van der Waals surface area contributed by atoms with E-state index in [0.29, 0.717) is 18.2 Å². The first-order chi connectivity index (χ1) is 13.1. The summed E-state index contributed by atoms with van der Waals surface area (Å²) in [6.07, 6.45) is 1.63. The summed E-state index contributed by atoms with van der Waals surface area (Å²) < 4.78 is 13.0. The lowest BCUT2D eigenvalue weighted by Crippen LogP contribution is -2.41. The van der Waals surface area contributed by atoms with E-state index < -0.39 is 0 Å². The van der Waals surface area contributed by atoms with Gasteiger partial charge in [0.2, 0.25) is 0 Å². The van der Waals surface area contributed by atoms with Gasteiger partial charge in [0.25, 0.3) is 11.9 Å². The fourth-order valence-corrected chi connectivity index (χ4v) is 3.05. The zero-order chi connectivity index (χ0) is 18.8. The van der Waals surface area contributed by atoms with Gasteiger partial charge in [-0.1, -0.05) is 32.0 Å². The van der Waals surface area contributed by atoms with E-state index in [1.807, 2.05) is 35.0 Å². The number of carbonyl (C=O) groups is 1. The van der Waals surface area contributed by atoms with E-state index in [9.17, 15) is 4.79 Å². The van der Waals surface area contributed by atoms with Crippen LogP contribution in [0.3, 0.4) is 0 Å². The Morgan fingerprint density at radius 1 is 1.26 bits per heavy atom. The van der Waals surface area contributed by atoms with Gasteiger partial charge < -0.3 is 14.5 Å². The predicted octanol–water partition coefficient (Wildman–Crippen LogP) is 3.53. The Kier molecular flexibility index (Phi) is 4.66. The smallest absolute Gasteiger partial charge is 0.290 e. The minimum absolute atomic E-state index is 0.00435. The molecule has 0 saturated heterocycles. The van der Waals surface area contributed by atoms with Gasteiger partial charge in [0.15, 0.2) is 11.6 Å². The highest BCUT2D eigenvalue weighted by Crippen LogP contribution is 2.24. The zero-order valence-corrected chi connectivity index (χ0v) is 15.4. The van der Waals surface area contributed by atoms with Gasteiger partial charge in [-0.2, -0.15) is 5.10 Å². The zero-order valence-electron chi connectivity index (χ0n) is 15.4. The molecule has 1 N–H and O–H groups in total. The Labute approximate surface area is 157 Å². The van der Waals surface area contributed by atoms with Crippen LogP contribution in [-0.2, 0) is 13.0 Å². The molecule has 4 rings (SSSR count). The molecule has 2 aromatic heterocycles. The van der Waals surface area contributed by atoms with Crippen molar-refractivity contribution >= 4 is 5.91 Å². The van der Waals surface area contributed by atoms with E-state index >= 15 is 0 Å². The van der Waals surface area contributed by atoms with Gasteiger partial charge in [0.05, 0.1) is 6.54 Å². The third kappa shape index (κ3) is 3.86.